The lowest BCUT2D eigenvalue weighted by Gasteiger charge is -2.43. The van der Waals surface area contributed by atoms with Crippen LogP contribution in [0.5, 0.6) is 0 Å². The van der Waals surface area contributed by atoms with Gasteiger partial charge in [0.25, 0.3) is 5.91 Å². The molecule has 2 N–H and O–H groups in total. The molecule has 2 aliphatic rings. The number of fused-ring (bicyclic) bond motifs is 3. The molecule has 25 heavy (non-hydrogen) atoms. The number of rotatable bonds is 2. The molecule has 3 atom stereocenters. The molecule has 0 radical (unpaired) electrons. The first kappa shape index (κ1) is 17.2. The minimum absolute atomic E-state index is 0.0484. The third kappa shape index (κ3) is 2.43. The number of hydrogen-bond acceptors (Lipinski definition) is 1. The van der Waals surface area contributed by atoms with Gasteiger partial charge in [-0.1, -0.05) is 44.0 Å². The first-order chi connectivity index (χ1) is 11.6. The van der Waals surface area contributed by atoms with Crippen molar-refractivity contribution in [1.29, 1.82) is 0 Å². The Kier molecular flexibility index (Phi) is 3.73. The van der Waals surface area contributed by atoms with Gasteiger partial charge >= 0.3 is 0 Å². The Labute approximate surface area is 158 Å². The minimum atomic E-state index is -0.0484. The molecule has 2 bridgehead atoms. The molecule has 1 heterocycles. The van der Waals surface area contributed by atoms with Gasteiger partial charge in [0.2, 0.25) is 0 Å². The molecule has 1 amide bonds. The third-order valence-electron chi connectivity index (χ3n) is 6.86. The lowest BCUT2D eigenvalue weighted by atomic mass is 9.68. The van der Waals surface area contributed by atoms with E-state index in [1.165, 1.54) is 19.3 Å². The molecule has 1 aromatic heterocycles. The molecular formula is C20H24Cl2N2O. The average molecular weight is 379 g/mol. The normalized spacial score (nSPS) is 30.2. The van der Waals surface area contributed by atoms with Crippen molar-refractivity contribution in [3.05, 3.63) is 33.4 Å². The second kappa shape index (κ2) is 5.40. The van der Waals surface area contributed by atoms with E-state index in [0.717, 1.165) is 16.5 Å². The highest BCUT2D eigenvalue weighted by Gasteiger charge is 2.59. The zero-order chi connectivity index (χ0) is 18.1. The fraction of sp³-hybridized carbons (Fsp3) is 0.550. The lowest BCUT2D eigenvalue weighted by molar-refractivity contribution is 0.0733. The van der Waals surface area contributed by atoms with Gasteiger partial charge in [-0.05, 0) is 60.6 Å². The molecule has 1 aromatic carbocycles. The van der Waals surface area contributed by atoms with E-state index in [2.05, 4.69) is 31.1 Å². The van der Waals surface area contributed by atoms with Gasteiger partial charge in [0.05, 0.1) is 10.5 Å². The molecule has 0 aliphatic heterocycles. The van der Waals surface area contributed by atoms with Crippen molar-refractivity contribution >= 4 is 40.0 Å². The first-order valence-electron chi connectivity index (χ1n) is 8.92. The maximum absolute atomic E-state index is 13.1. The average Bonchev–Trinajstić information content (AvgIpc) is 3.12. The zero-order valence-electron chi connectivity index (χ0n) is 15.1. The number of hydrogen-bond donors (Lipinski definition) is 2. The summed E-state index contributed by atoms with van der Waals surface area (Å²) in [7, 11) is 0. The zero-order valence-corrected chi connectivity index (χ0v) is 16.6. The number of nitrogens with one attached hydrogen (secondary N) is 2. The summed E-state index contributed by atoms with van der Waals surface area (Å²) in [4.78, 5) is 16.3. The molecule has 0 saturated heterocycles. The summed E-state index contributed by atoms with van der Waals surface area (Å²) in [5, 5.41) is 5.37. The van der Waals surface area contributed by atoms with E-state index in [-0.39, 0.29) is 22.8 Å². The summed E-state index contributed by atoms with van der Waals surface area (Å²) in [5.74, 6) is 0.646. The molecule has 2 aromatic rings. The van der Waals surface area contributed by atoms with Crippen molar-refractivity contribution in [3.63, 3.8) is 0 Å². The summed E-state index contributed by atoms with van der Waals surface area (Å²) in [6.45, 7) is 8.85. The van der Waals surface area contributed by atoms with Crippen LogP contribution in [0.4, 0.5) is 0 Å². The van der Waals surface area contributed by atoms with Gasteiger partial charge < -0.3 is 10.3 Å². The van der Waals surface area contributed by atoms with Crippen molar-refractivity contribution in [2.45, 2.75) is 53.0 Å². The molecule has 0 spiro atoms. The molecule has 4 rings (SSSR count). The van der Waals surface area contributed by atoms with Crippen LogP contribution in [-0.2, 0) is 0 Å². The Morgan fingerprint density at radius 2 is 2.00 bits per heavy atom. The van der Waals surface area contributed by atoms with E-state index in [1.807, 2.05) is 13.0 Å². The predicted molar refractivity (Wildman–Crippen MR) is 104 cm³/mol. The molecular weight excluding hydrogens is 355 g/mol. The van der Waals surface area contributed by atoms with E-state index in [1.54, 1.807) is 6.07 Å². The molecule has 5 heteroatoms. The van der Waals surface area contributed by atoms with Crippen molar-refractivity contribution in [1.82, 2.24) is 10.3 Å². The van der Waals surface area contributed by atoms with E-state index in [0.29, 0.717) is 21.7 Å². The molecule has 3 nitrogen and oxygen atoms in total. The van der Waals surface area contributed by atoms with Gasteiger partial charge in [0.15, 0.2) is 0 Å². The summed E-state index contributed by atoms with van der Waals surface area (Å²) >= 11 is 12.4. The van der Waals surface area contributed by atoms with Gasteiger partial charge in [-0.3, -0.25) is 4.79 Å². The number of benzene rings is 1. The molecule has 2 unspecified atom stereocenters. The second-order valence-electron chi connectivity index (χ2n) is 8.76. The number of H-pyrrole nitrogens is 1. The van der Waals surface area contributed by atoms with Gasteiger partial charge in [-0.2, -0.15) is 0 Å². The SMILES string of the molecule is Cc1c(C(=O)NC2C(C)(C)C3CC[C@@]2(C)C3)[nH]c2c(Cl)cc(Cl)cc12. The fourth-order valence-electron chi connectivity index (χ4n) is 5.44. The Hall–Kier alpha value is -1.19. The maximum atomic E-state index is 13.1. The molecule has 134 valence electrons. The van der Waals surface area contributed by atoms with Crippen LogP contribution in [0, 0.1) is 23.7 Å². The number of halogens is 2. The standard InChI is InChI=1S/C20H24Cl2N2O/c1-10-13-7-12(21)8-14(22)16(13)23-15(10)17(25)24-18-19(2,3)11-5-6-20(18,4)9-11/h7-8,11,18,23H,5-6,9H2,1-4H3,(H,24,25)/t11?,18?,20-/m0/s1. The van der Waals surface area contributed by atoms with Crippen LogP contribution in [0.3, 0.4) is 0 Å². The van der Waals surface area contributed by atoms with Crippen molar-refractivity contribution in [2.24, 2.45) is 16.7 Å². The quantitative estimate of drug-likeness (QED) is 0.688. The summed E-state index contributed by atoms with van der Waals surface area (Å²) in [6.07, 6.45) is 3.67. The van der Waals surface area contributed by atoms with Crippen LogP contribution in [0.15, 0.2) is 12.1 Å². The number of amides is 1. The van der Waals surface area contributed by atoms with Gasteiger partial charge in [0.1, 0.15) is 5.69 Å². The van der Waals surface area contributed by atoms with Crippen LogP contribution < -0.4 is 5.32 Å². The number of aryl methyl sites for hydroxylation is 1. The van der Waals surface area contributed by atoms with Crippen LogP contribution in [-0.4, -0.2) is 16.9 Å². The minimum Gasteiger partial charge on any atom is -0.349 e. The highest BCUT2D eigenvalue weighted by Crippen LogP contribution is 2.62. The van der Waals surface area contributed by atoms with Gasteiger partial charge in [0, 0.05) is 16.5 Å². The summed E-state index contributed by atoms with van der Waals surface area (Å²) < 4.78 is 0. The molecule has 2 aliphatic carbocycles. The lowest BCUT2D eigenvalue weighted by Crippen LogP contribution is -2.52. The number of carbonyl (C=O) groups is 1. The largest absolute Gasteiger partial charge is 0.349 e. The van der Waals surface area contributed by atoms with E-state index >= 15 is 0 Å². The maximum Gasteiger partial charge on any atom is 0.268 e. The van der Waals surface area contributed by atoms with Crippen LogP contribution >= 0.6 is 23.2 Å². The van der Waals surface area contributed by atoms with Crippen molar-refractivity contribution in [3.8, 4) is 0 Å². The molecule has 2 saturated carbocycles. The van der Waals surface area contributed by atoms with E-state index in [4.69, 9.17) is 23.2 Å². The molecule has 2 fully saturated rings. The van der Waals surface area contributed by atoms with Gasteiger partial charge in [-0.25, -0.2) is 0 Å². The van der Waals surface area contributed by atoms with Crippen LogP contribution in [0.2, 0.25) is 10.0 Å². The highest BCUT2D eigenvalue weighted by molar-refractivity contribution is 6.38. The van der Waals surface area contributed by atoms with E-state index < -0.39 is 0 Å². The summed E-state index contributed by atoms with van der Waals surface area (Å²) in [6, 6.07) is 3.74. The smallest absolute Gasteiger partial charge is 0.268 e. The van der Waals surface area contributed by atoms with E-state index in [9.17, 15) is 4.79 Å². The Morgan fingerprint density at radius 1 is 1.28 bits per heavy atom. The summed E-state index contributed by atoms with van der Waals surface area (Å²) in [5.41, 5.74) is 2.57. The van der Waals surface area contributed by atoms with Crippen molar-refractivity contribution in [2.75, 3.05) is 0 Å². The van der Waals surface area contributed by atoms with Crippen LogP contribution in [0.25, 0.3) is 10.9 Å². The predicted octanol–water partition coefficient (Wildman–Crippen LogP) is 5.73. The van der Waals surface area contributed by atoms with Crippen molar-refractivity contribution < 1.29 is 4.79 Å². The topological polar surface area (TPSA) is 44.9 Å². The Bertz CT molecular complexity index is 881. The third-order valence-corrected chi connectivity index (χ3v) is 7.37. The highest BCUT2D eigenvalue weighted by atomic mass is 35.5. The Balaban J connectivity index is 1.69. The number of carbonyl (C=O) groups excluding carboxylic acids is 1. The first-order valence-corrected chi connectivity index (χ1v) is 9.67. The van der Waals surface area contributed by atoms with Crippen LogP contribution in [0.1, 0.15) is 56.1 Å². The Morgan fingerprint density at radius 3 is 2.64 bits per heavy atom. The fourth-order valence-corrected chi connectivity index (χ4v) is 5.98. The monoisotopic (exact) mass is 378 g/mol. The number of aromatic amines is 1. The number of aromatic nitrogens is 1. The second-order valence-corrected chi connectivity index (χ2v) is 9.60. The van der Waals surface area contributed by atoms with Gasteiger partial charge in [-0.15, -0.1) is 0 Å².